The van der Waals surface area contributed by atoms with Gasteiger partial charge in [-0.3, -0.25) is 0 Å². The number of amides is 1. The second-order valence-corrected chi connectivity index (χ2v) is 5.26. The van der Waals surface area contributed by atoms with Crippen LogP contribution in [0, 0.1) is 5.41 Å². The molecular weight excluding hydrogens is 194 g/mol. The van der Waals surface area contributed by atoms with Crippen molar-refractivity contribution in [3.63, 3.8) is 0 Å². The molecule has 0 radical (unpaired) electrons. The highest BCUT2D eigenvalue weighted by atomic mass is 16.4. The predicted molar refractivity (Wildman–Crippen MR) is 60.7 cm³/mol. The Hall–Kier alpha value is -0.810. The standard InChI is InChI=1S/C10H23N3O2/c1-9(2,3)13(8(14)15)7-10(4,5-11)6-12/h5-7,11-12H2,1-4H3,(H,14,15). The molecule has 0 aromatic heterocycles. The van der Waals surface area contributed by atoms with Gasteiger partial charge in [-0.25, -0.2) is 4.79 Å². The lowest BCUT2D eigenvalue weighted by molar-refractivity contribution is 0.0722. The van der Waals surface area contributed by atoms with E-state index in [9.17, 15) is 4.79 Å². The third-order valence-electron chi connectivity index (χ3n) is 2.57. The molecule has 5 heteroatoms. The largest absolute Gasteiger partial charge is 0.465 e. The quantitative estimate of drug-likeness (QED) is 0.646. The summed E-state index contributed by atoms with van der Waals surface area (Å²) in [5.74, 6) is 0. The molecular formula is C10H23N3O2. The van der Waals surface area contributed by atoms with Gasteiger partial charge >= 0.3 is 6.09 Å². The molecule has 15 heavy (non-hydrogen) atoms. The zero-order valence-electron chi connectivity index (χ0n) is 10.1. The van der Waals surface area contributed by atoms with Gasteiger partial charge in [0.15, 0.2) is 0 Å². The normalized spacial score (nSPS) is 12.7. The molecule has 5 nitrogen and oxygen atoms in total. The van der Waals surface area contributed by atoms with Crippen LogP contribution in [0.2, 0.25) is 0 Å². The highest BCUT2D eigenvalue weighted by molar-refractivity contribution is 5.66. The summed E-state index contributed by atoms with van der Waals surface area (Å²) in [6, 6.07) is 0. The summed E-state index contributed by atoms with van der Waals surface area (Å²) in [7, 11) is 0. The Kier molecular flexibility index (Phi) is 4.55. The first-order valence-electron chi connectivity index (χ1n) is 5.07. The molecule has 0 saturated carbocycles. The molecule has 5 N–H and O–H groups in total. The molecule has 0 fully saturated rings. The topological polar surface area (TPSA) is 92.6 Å². The van der Waals surface area contributed by atoms with E-state index in [1.807, 2.05) is 27.7 Å². The van der Waals surface area contributed by atoms with Gasteiger partial charge in [0.1, 0.15) is 0 Å². The van der Waals surface area contributed by atoms with Crippen molar-refractivity contribution in [1.29, 1.82) is 0 Å². The number of carbonyl (C=O) groups is 1. The van der Waals surface area contributed by atoms with Crippen molar-refractivity contribution >= 4 is 6.09 Å². The Bertz CT molecular complexity index is 219. The lowest BCUT2D eigenvalue weighted by Gasteiger charge is -2.39. The average molecular weight is 217 g/mol. The van der Waals surface area contributed by atoms with Crippen molar-refractivity contribution in [1.82, 2.24) is 4.90 Å². The zero-order chi connectivity index (χ0) is 12.3. The average Bonchev–Trinajstić information content (AvgIpc) is 2.11. The molecule has 0 saturated heterocycles. The molecule has 0 aromatic carbocycles. The molecule has 0 spiro atoms. The van der Waals surface area contributed by atoms with E-state index in [2.05, 4.69) is 0 Å². The van der Waals surface area contributed by atoms with Crippen LogP contribution in [0.3, 0.4) is 0 Å². The molecule has 0 bridgehead atoms. The van der Waals surface area contributed by atoms with Crippen LogP contribution in [0.5, 0.6) is 0 Å². The van der Waals surface area contributed by atoms with Crippen molar-refractivity contribution in [2.24, 2.45) is 16.9 Å². The van der Waals surface area contributed by atoms with Crippen molar-refractivity contribution in [2.45, 2.75) is 33.2 Å². The Labute approximate surface area is 91.4 Å². The van der Waals surface area contributed by atoms with Gasteiger partial charge in [0.25, 0.3) is 0 Å². The van der Waals surface area contributed by atoms with E-state index in [0.717, 1.165) is 0 Å². The third-order valence-corrected chi connectivity index (χ3v) is 2.57. The summed E-state index contributed by atoms with van der Waals surface area (Å²) in [4.78, 5) is 12.5. The lowest BCUT2D eigenvalue weighted by atomic mass is 9.88. The van der Waals surface area contributed by atoms with Gasteiger partial charge in [-0.2, -0.15) is 0 Å². The number of rotatable bonds is 4. The smallest absolute Gasteiger partial charge is 0.407 e. The van der Waals surface area contributed by atoms with E-state index in [0.29, 0.717) is 19.6 Å². The summed E-state index contributed by atoms with van der Waals surface area (Å²) < 4.78 is 0. The summed E-state index contributed by atoms with van der Waals surface area (Å²) in [6.45, 7) is 8.58. The van der Waals surface area contributed by atoms with Crippen LogP contribution < -0.4 is 11.5 Å². The van der Waals surface area contributed by atoms with Crippen LogP contribution in [0.1, 0.15) is 27.7 Å². The lowest BCUT2D eigenvalue weighted by Crippen LogP contribution is -2.53. The van der Waals surface area contributed by atoms with Crippen molar-refractivity contribution in [3.8, 4) is 0 Å². The Morgan fingerprint density at radius 3 is 1.80 bits per heavy atom. The second kappa shape index (κ2) is 4.81. The highest BCUT2D eigenvalue weighted by Gasteiger charge is 2.33. The van der Waals surface area contributed by atoms with E-state index in [1.54, 1.807) is 0 Å². The Morgan fingerprint density at radius 2 is 1.60 bits per heavy atom. The van der Waals surface area contributed by atoms with E-state index < -0.39 is 11.6 Å². The fourth-order valence-electron chi connectivity index (χ4n) is 1.19. The molecule has 0 rings (SSSR count). The first-order valence-corrected chi connectivity index (χ1v) is 5.07. The van der Waals surface area contributed by atoms with Crippen LogP contribution >= 0.6 is 0 Å². The third kappa shape index (κ3) is 4.05. The van der Waals surface area contributed by atoms with Crippen LogP contribution in [-0.4, -0.2) is 41.3 Å². The van der Waals surface area contributed by atoms with Gasteiger partial charge in [0.2, 0.25) is 0 Å². The van der Waals surface area contributed by atoms with E-state index >= 15 is 0 Å². The zero-order valence-corrected chi connectivity index (χ0v) is 10.1. The van der Waals surface area contributed by atoms with Gasteiger partial charge in [0, 0.05) is 30.6 Å². The van der Waals surface area contributed by atoms with Crippen molar-refractivity contribution in [3.05, 3.63) is 0 Å². The maximum absolute atomic E-state index is 11.1. The molecule has 1 amide bonds. The monoisotopic (exact) mass is 217 g/mol. The van der Waals surface area contributed by atoms with Gasteiger partial charge in [0.05, 0.1) is 0 Å². The fraction of sp³-hybridized carbons (Fsp3) is 0.900. The minimum absolute atomic E-state index is 0.355. The summed E-state index contributed by atoms with van der Waals surface area (Å²) >= 11 is 0. The van der Waals surface area contributed by atoms with Gasteiger partial charge < -0.3 is 21.5 Å². The Morgan fingerprint density at radius 1 is 1.20 bits per heavy atom. The molecule has 0 aliphatic carbocycles. The fourth-order valence-corrected chi connectivity index (χ4v) is 1.19. The molecule has 0 aliphatic heterocycles. The van der Waals surface area contributed by atoms with Gasteiger partial charge in [-0.1, -0.05) is 6.92 Å². The van der Waals surface area contributed by atoms with Gasteiger partial charge in [-0.15, -0.1) is 0 Å². The van der Waals surface area contributed by atoms with Crippen LogP contribution in [0.25, 0.3) is 0 Å². The minimum atomic E-state index is -0.935. The molecule has 0 aromatic rings. The van der Waals surface area contributed by atoms with Crippen LogP contribution in [0.15, 0.2) is 0 Å². The minimum Gasteiger partial charge on any atom is -0.465 e. The van der Waals surface area contributed by atoms with Gasteiger partial charge in [-0.05, 0) is 20.8 Å². The highest BCUT2D eigenvalue weighted by Crippen LogP contribution is 2.21. The number of carboxylic acid groups (broad SMARTS) is 1. The maximum Gasteiger partial charge on any atom is 0.407 e. The number of hydrogen-bond acceptors (Lipinski definition) is 3. The summed E-state index contributed by atoms with van der Waals surface area (Å²) in [6.07, 6.45) is -0.935. The molecule has 90 valence electrons. The second-order valence-electron chi connectivity index (χ2n) is 5.26. The van der Waals surface area contributed by atoms with Crippen molar-refractivity contribution < 1.29 is 9.90 Å². The first kappa shape index (κ1) is 14.2. The summed E-state index contributed by atoms with van der Waals surface area (Å²) in [5.41, 5.74) is 10.4. The van der Waals surface area contributed by atoms with Crippen LogP contribution in [0.4, 0.5) is 4.79 Å². The molecule has 0 unspecified atom stereocenters. The van der Waals surface area contributed by atoms with Crippen molar-refractivity contribution in [2.75, 3.05) is 19.6 Å². The number of hydrogen-bond donors (Lipinski definition) is 3. The van der Waals surface area contributed by atoms with E-state index in [-0.39, 0.29) is 5.41 Å². The maximum atomic E-state index is 11.1. The summed E-state index contributed by atoms with van der Waals surface area (Å²) in [5, 5.41) is 9.11. The SMILES string of the molecule is CC(CN)(CN)CN(C(=O)O)C(C)(C)C. The number of nitrogens with zero attached hydrogens (tertiary/aromatic N) is 1. The van der Waals surface area contributed by atoms with E-state index in [4.69, 9.17) is 16.6 Å². The van der Waals surface area contributed by atoms with E-state index in [1.165, 1.54) is 4.90 Å². The molecule has 0 atom stereocenters. The molecule has 0 aliphatic rings. The first-order chi connectivity index (χ1) is 6.66. The number of nitrogens with two attached hydrogens (primary N) is 2. The predicted octanol–water partition coefficient (Wildman–Crippen LogP) is 0.689. The van der Waals surface area contributed by atoms with Crippen LogP contribution in [-0.2, 0) is 0 Å². The Balaban J connectivity index is 4.77. The molecule has 0 heterocycles.